The van der Waals surface area contributed by atoms with Crippen molar-refractivity contribution in [3.63, 3.8) is 0 Å². The molecular formula is C15H29NO2. The summed E-state index contributed by atoms with van der Waals surface area (Å²) in [5.41, 5.74) is -0.0376. The molecule has 2 N–H and O–H groups in total. The van der Waals surface area contributed by atoms with Gasteiger partial charge in [0.1, 0.15) is 0 Å². The van der Waals surface area contributed by atoms with Crippen LogP contribution >= 0.6 is 0 Å². The van der Waals surface area contributed by atoms with Gasteiger partial charge < -0.3 is 10.4 Å². The van der Waals surface area contributed by atoms with Crippen molar-refractivity contribution in [3.05, 3.63) is 0 Å². The van der Waals surface area contributed by atoms with Crippen LogP contribution in [0, 0.1) is 17.3 Å². The first kappa shape index (κ1) is 15.5. The van der Waals surface area contributed by atoms with E-state index >= 15 is 0 Å². The molecule has 0 saturated heterocycles. The largest absolute Gasteiger partial charge is 0.393 e. The van der Waals surface area contributed by atoms with Gasteiger partial charge in [-0.05, 0) is 37.5 Å². The molecule has 0 spiro atoms. The van der Waals surface area contributed by atoms with Crippen molar-refractivity contribution in [2.75, 3.05) is 6.54 Å². The smallest absolute Gasteiger partial charge is 0.223 e. The lowest BCUT2D eigenvalue weighted by Gasteiger charge is -2.29. The van der Waals surface area contributed by atoms with Crippen LogP contribution in [0.25, 0.3) is 0 Å². The van der Waals surface area contributed by atoms with E-state index in [2.05, 4.69) is 26.1 Å². The summed E-state index contributed by atoms with van der Waals surface area (Å²) >= 11 is 0. The Morgan fingerprint density at radius 2 is 2.11 bits per heavy atom. The van der Waals surface area contributed by atoms with E-state index in [1.807, 2.05) is 0 Å². The van der Waals surface area contributed by atoms with Gasteiger partial charge in [-0.15, -0.1) is 0 Å². The molecule has 1 aliphatic rings. The predicted octanol–water partition coefficient (Wildman–Crippen LogP) is 2.73. The van der Waals surface area contributed by atoms with E-state index in [4.69, 9.17) is 0 Å². The van der Waals surface area contributed by atoms with E-state index in [1.165, 1.54) is 12.8 Å². The fourth-order valence-electron chi connectivity index (χ4n) is 3.01. The highest BCUT2D eigenvalue weighted by Crippen LogP contribution is 2.29. The molecule has 3 nitrogen and oxygen atoms in total. The fraction of sp³-hybridized carbons (Fsp3) is 0.933. The summed E-state index contributed by atoms with van der Waals surface area (Å²) in [7, 11) is 0. The topological polar surface area (TPSA) is 49.3 Å². The highest BCUT2D eigenvalue weighted by Gasteiger charge is 2.27. The lowest BCUT2D eigenvalue weighted by atomic mass is 9.81. The Labute approximate surface area is 111 Å². The quantitative estimate of drug-likeness (QED) is 0.793. The Balaban J connectivity index is 2.36. The Bertz CT molecular complexity index is 274. The third kappa shape index (κ3) is 5.38. The molecule has 1 aliphatic carbocycles. The van der Waals surface area contributed by atoms with Crippen LogP contribution in [0.5, 0.6) is 0 Å². The molecule has 0 bridgehead atoms. The Kier molecular flexibility index (Phi) is 5.64. The highest BCUT2D eigenvalue weighted by molar-refractivity contribution is 5.78. The van der Waals surface area contributed by atoms with Crippen molar-refractivity contribution >= 4 is 5.91 Å². The maximum Gasteiger partial charge on any atom is 0.223 e. The number of aliphatic hydroxyl groups is 1. The summed E-state index contributed by atoms with van der Waals surface area (Å²) in [4.78, 5) is 12.1. The zero-order valence-corrected chi connectivity index (χ0v) is 12.3. The number of hydrogen-bond acceptors (Lipinski definition) is 2. The van der Waals surface area contributed by atoms with Crippen LogP contribution in [0.3, 0.4) is 0 Å². The predicted molar refractivity (Wildman–Crippen MR) is 74.2 cm³/mol. The molecule has 3 unspecified atom stereocenters. The minimum atomic E-state index is -0.313. The summed E-state index contributed by atoms with van der Waals surface area (Å²) in [5, 5.41) is 12.5. The number of carbonyl (C=O) groups excluding carboxylic acids is 1. The Morgan fingerprint density at radius 3 is 2.67 bits per heavy atom. The number of nitrogens with one attached hydrogen (secondary N) is 1. The molecule has 1 amide bonds. The first-order valence-electron chi connectivity index (χ1n) is 7.26. The molecule has 1 fully saturated rings. The summed E-state index contributed by atoms with van der Waals surface area (Å²) in [6.45, 7) is 8.86. The molecule has 1 rings (SSSR count). The van der Waals surface area contributed by atoms with E-state index in [-0.39, 0.29) is 23.3 Å². The molecule has 0 aromatic heterocycles. The molecule has 0 heterocycles. The molecule has 106 valence electrons. The number of rotatable bonds is 5. The summed E-state index contributed by atoms with van der Waals surface area (Å²) in [6.07, 6.45) is 4.91. The second-order valence-corrected chi connectivity index (χ2v) is 6.90. The Morgan fingerprint density at radius 1 is 1.44 bits per heavy atom. The monoisotopic (exact) mass is 255 g/mol. The molecule has 3 atom stereocenters. The van der Waals surface area contributed by atoms with Crippen LogP contribution in [-0.4, -0.2) is 23.7 Å². The summed E-state index contributed by atoms with van der Waals surface area (Å²) in [5.74, 6) is 1.09. The minimum absolute atomic E-state index is 0.0376. The SMILES string of the molecule is CC(O)CC(C)(C)CNC(=O)C1CCCC(C)C1. The molecule has 0 aliphatic heterocycles. The molecular weight excluding hydrogens is 226 g/mol. The zero-order chi connectivity index (χ0) is 13.8. The highest BCUT2D eigenvalue weighted by atomic mass is 16.3. The number of hydrogen-bond donors (Lipinski definition) is 2. The van der Waals surface area contributed by atoms with Crippen molar-refractivity contribution in [1.82, 2.24) is 5.32 Å². The van der Waals surface area contributed by atoms with Crippen molar-refractivity contribution < 1.29 is 9.90 Å². The molecule has 0 aromatic rings. The van der Waals surface area contributed by atoms with Gasteiger partial charge in [0.05, 0.1) is 6.10 Å². The van der Waals surface area contributed by atoms with Gasteiger partial charge in [0.25, 0.3) is 0 Å². The van der Waals surface area contributed by atoms with E-state index in [0.29, 0.717) is 18.9 Å². The number of aliphatic hydroxyl groups excluding tert-OH is 1. The standard InChI is InChI=1S/C15H29NO2/c1-11-6-5-7-13(8-11)14(18)16-10-15(3,4)9-12(2)17/h11-13,17H,5-10H2,1-4H3,(H,16,18). The van der Waals surface area contributed by atoms with E-state index in [9.17, 15) is 9.90 Å². The zero-order valence-electron chi connectivity index (χ0n) is 12.3. The van der Waals surface area contributed by atoms with Crippen LogP contribution in [-0.2, 0) is 4.79 Å². The van der Waals surface area contributed by atoms with E-state index in [1.54, 1.807) is 6.92 Å². The number of amides is 1. The van der Waals surface area contributed by atoms with Gasteiger partial charge in [-0.3, -0.25) is 4.79 Å². The average molecular weight is 255 g/mol. The lowest BCUT2D eigenvalue weighted by molar-refractivity contribution is -0.127. The van der Waals surface area contributed by atoms with Crippen LogP contribution in [0.2, 0.25) is 0 Å². The molecule has 3 heteroatoms. The first-order chi connectivity index (χ1) is 8.30. The average Bonchev–Trinajstić information content (AvgIpc) is 2.24. The van der Waals surface area contributed by atoms with Gasteiger partial charge >= 0.3 is 0 Å². The van der Waals surface area contributed by atoms with Crippen LogP contribution in [0.4, 0.5) is 0 Å². The maximum absolute atomic E-state index is 12.1. The fourth-order valence-corrected chi connectivity index (χ4v) is 3.01. The number of carbonyl (C=O) groups is 1. The molecule has 0 aromatic carbocycles. The van der Waals surface area contributed by atoms with E-state index in [0.717, 1.165) is 12.8 Å². The van der Waals surface area contributed by atoms with Gasteiger partial charge in [0.2, 0.25) is 5.91 Å². The summed E-state index contributed by atoms with van der Waals surface area (Å²) < 4.78 is 0. The van der Waals surface area contributed by atoms with Crippen molar-refractivity contribution in [3.8, 4) is 0 Å². The van der Waals surface area contributed by atoms with Crippen molar-refractivity contribution in [2.24, 2.45) is 17.3 Å². The molecule has 1 saturated carbocycles. The minimum Gasteiger partial charge on any atom is -0.393 e. The van der Waals surface area contributed by atoms with Gasteiger partial charge in [-0.2, -0.15) is 0 Å². The normalized spacial score (nSPS) is 26.7. The third-order valence-electron chi connectivity index (χ3n) is 3.90. The van der Waals surface area contributed by atoms with Gasteiger partial charge in [0, 0.05) is 12.5 Å². The van der Waals surface area contributed by atoms with Crippen LogP contribution in [0.1, 0.15) is 59.8 Å². The lowest BCUT2D eigenvalue weighted by Crippen LogP contribution is -2.40. The van der Waals surface area contributed by atoms with Gasteiger partial charge in [0.15, 0.2) is 0 Å². The summed E-state index contributed by atoms with van der Waals surface area (Å²) in [6, 6.07) is 0. The third-order valence-corrected chi connectivity index (χ3v) is 3.90. The second kappa shape index (κ2) is 6.55. The molecule has 0 radical (unpaired) electrons. The van der Waals surface area contributed by atoms with Gasteiger partial charge in [-0.25, -0.2) is 0 Å². The van der Waals surface area contributed by atoms with Crippen LogP contribution in [0.15, 0.2) is 0 Å². The Hall–Kier alpha value is -0.570. The van der Waals surface area contributed by atoms with E-state index < -0.39 is 0 Å². The molecule has 18 heavy (non-hydrogen) atoms. The van der Waals surface area contributed by atoms with Gasteiger partial charge in [-0.1, -0.05) is 33.6 Å². The maximum atomic E-state index is 12.1. The van der Waals surface area contributed by atoms with Crippen molar-refractivity contribution in [1.29, 1.82) is 0 Å². The van der Waals surface area contributed by atoms with Crippen LogP contribution < -0.4 is 5.32 Å². The van der Waals surface area contributed by atoms with Crippen molar-refractivity contribution in [2.45, 2.75) is 65.9 Å². The first-order valence-corrected chi connectivity index (χ1v) is 7.26. The second-order valence-electron chi connectivity index (χ2n) is 6.90.